The van der Waals surface area contributed by atoms with Gasteiger partial charge in [0, 0.05) is 12.7 Å². The molecular weight excluding hydrogens is 448 g/mol. The quantitative estimate of drug-likeness (QED) is 0.396. The van der Waals surface area contributed by atoms with Crippen molar-refractivity contribution in [2.75, 3.05) is 14.2 Å². The van der Waals surface area contributed by atoms with Gasteiger partial charge in [0.05, 0.1) is 30.5 Å². The molecule has 0 spiro atoms. The van der Waals surface area contributed by atoms with Crippen LogP contribution in [0.5, 0.6) is 11.6 Å². The summed E-state index contributed by atoms with van der Waals surface area (Å²) in [7, 11) is -0.642. The van der Waals surface area contributed by atoms with E-state index in [0.717, 1.165) is 47.5 Å². The van der Waals surface area contributed by atoms with Crippen LogP contribution in [-0.2, 0) is 29.2 Å². The fourth-order valence-corrected chi connectivity index (χ4v) is 5.94. The lowest BCUT2D eigenvalue weighted by atomic mass is 10.1. The number of aromatic nitrogens is 2. The Hall–Kier alpha value is -3.58. The van der Waals surface area contributed by atoms with Gasteiger partial charge >= 0.3 is 0 Å². The number of aryl methyl sites for hydroxylation is 2. The van der Waals surface area contributed by atoms with E-state index < -0.39 is 9.84 Å². The number of ether oxygens (including phenoxy) is 2. The average molecular weight is 475 g/mol. The number of sulfone groups is 1. The highest BCUT2D eigenvalue weighted by molar-refractivity contribution is 7.91. The third-order valence-electron chi connectivity index (χ3n) is 6.25. The molecule has 0 fully saturated rings. The van der Waals surface area contributed by atoms with Crippen LogP contribution in [0.15, 0.2) is 82.7 Å². The fraction of sp³-hybridized carbons (Fsp3) is 0.222. The van der Waals surface area contributed by atoms with Gasteiger partial charge in [0.2, 0.25) is 15.7 Å². The molecule has 0 aliphatic heterocycles. The van der Waals surface area contributed by atoms with Crippen LogP contribution in [0.4, 0.5) is 0 Å². The lowest BCUT2D eigenvalue weighted by Crippen LogP contribution is -2.09. The second-order valence-electron chi connectivity index (χ2n) is 8.34. The summed E-state index contributed by atoms with van der Waals surface area (Å²) < 4.78 is 39.8. The van der Waals surface area contributed by atoms with Crippen molar-refractivity contribution in [1.82, 2.24) is 9.55 Å². The number of methoxy groups -OCH3 is 2. The first kappa shape index (κ1) is 22.2. The van der Waals surface area contributed by atoms with E-state index in [1.54, 1.807) is 43.5 Å². The van der Waals surface area contributed by atoms with Crippen molar-refractivity contribution in [2.45, 2.75) is 35.6 Å². The van der Waals surface area contributed by atoms with Crippen LogP contribution in [-0.4, -0.2) is 32.2 Å². The molecule has 2 aromatic heterocycles. The van der Waals surface area contributed by atoms with Gasteiger partial charge in [-0.1, -0.05) is 30.3 Å². The molecule has 0 saturated heterocycles. The number of hydrogen-bond donors (Lipinski definition) is 0. The maximum Gasteiger partial charge on any atom is 0.233 e. The van der Waals surface area contributed by atoms with Gasteiger partial charge in [-0.2, -0.15) is 0 Å². The first-order chi connectivity index (χ1) is 16.5. The summed E-state index contributed by atoms with van der Waals surface area (Å²) in [6, 6.07) is 20.3. The topological polar surface area (TPSA) is 70.4 Å². The van der Waals surface area contributed by atoms with Gasteiger partial charge in [-0.25, -0.2) is 13.4 Å². The lowest BCUT2D eigenvalue weighted by Gasteiger charge is -2.16. The Labute approximate surface area is 199 Å². The van der Waals surface area contributed by atoms with Gasteiger partial charge in [-0.3, -0.25) is 0 Å². The lowest BCUT2D eigenvalue weighted by molar-refractivity contribution is 0.385. The standard InChI is InChI=1S/C27H26N2O4S/c1-32-22-13-11-19(12-14-22)18-29-16-15-20-7-6-8-21-17-24(27(33-2)28-25(21)26(20)29)34(30,31)23-9-4-3-5-10-23/h3-5,9-17H,6-8,18H2,1-2H3. The summed E-state index contributed by atoms with van der Waals surface area (Å²) in [5.41, 5.74) is 5.07. The summed E-state index contributed by atoms with van der Waals surface area (Å²) in [6.45, 7) is 0.673. The second kappa shape index (κ2) is 8.99. The number of benzene rings is 2. The zero-order chi connectivity index (χ0) is 23.7. The Kier molecular flexibility index (Phi) is 5.87. The van der Waals surface area contributed by atoms with Crippen molar-refractivity contribution < 1.29 is 17.9 Å². The van der Waals surface area contributed by atoms with Crippen LogP contribution < -0.4 is 9.47 Å². The van der Waals surface area contributed by atoms with E-state index in [2.05, 4.69) is 16.8 Å². The van der Waals surface area contributed by atoms with Gasteiger partial charge in [-0.15, -0.1) is 0 Å². The Morgan fingerprint density at radius 2 is 1.65 bits per heavy atom. The first-order valence-electron chi connectivity index (χ1n) is 11.2. The van der Waals surface area contributed by atoms with Crippen molar-refractivity contribution in [3.63, 3.8) is 0 Å². The highest BCUT2D eigenvalue weighted by atomic mass is 32.2. The SMILES string of the molecule is COc1ccc(Cn2ccc3c2-c2nc(OC)c(S(=O)(=O)c4ccccc4)cc2CCC3)cc1. The van der Waals surface area contributed by atoms with E-state index in [0.29, 0.717) is 6.54 Å². The molecule has 0 radical (unpaired) electrons. The predicted octanol–water partition coefficient (Wildman–Crippen LogP) is 4.94. The van der Waals surface area contributed by atoms with Crippen molar-refractivity contribution in [2.24, 2.45) is 0 Å². The third-order valence-corrected chi connectivity index (χ3v) is 8.01. The highest BCUT2D eigenvalue weighted by Crippen LogP contribution is 2.38. The number of pyridine rings is 1. The van der Waals surface area contributed by atoms with Crippen molar-refractivity contribution in [3.8, 4) is 23.0 Å². The average Bonchev–Trinajstić information content (AvgIpc) is 3.17. The molecule has 7 heteroatoms. The van der Waals surface area contributed by atoms with E-state index >= 15 is 0 Å². The van der Waals surface area contributed by atoms with Crippen LogP contribution in [0.3, 0.4) is 0 Å². The van der Waals surface area contributed by atoms with Crippen LogP contribution in [0.1, 0.15) is 23.1 Å². The number of fused-ring (bicyclic) bond motifs is 3. The molecule has 0 unspecified atom stereocenters. The van der Waals surface area contributed by atoms with Gasteiger partial charge < -0.3 is 14.0 Å². The Balaban J connectivity index is 1.61. The maximum atomic E-state index is 13.4. The van der Waals surface area contributed by atoms with Crippen molar-refractivity contribution in [3.05, 3.63) is 89.6 Å². The molecule has 0 bridgehead atoms. The molecule has 174 valence electrons. The zero-order valence-electron chi connectivity index (χ0n) is 19.2. The van der Waals surface area contributed by atoms with E-state index in [9.17, 15) is 8.42 Å². The Bertz CT molecular complexity index is 1430. The van der Waals surface area contributed by atoms with E-state index in [4.69, 9.17) is 14.5 Å². The van der Waals surface area contributed by atoms with Crippen molar-refractivity contribution in [1.29, 1.82) is 0 Å². The minimum absolute atomic E-state index is 0.108. The van der Waals surface area contributed by atoms with Crippen LogP contribution in [0, 0.1) is 0 Å². The van der Waals surface area contributed by atoms with E-state index in [1.807, 2.05) is 24.3 Å². The Morgan fingerprint density at radius 1 is 0.912 bits per heavy atom. The van der Waals surface area contributed by atoms with Gasteiger partial charge in [0.25, 0.3) is 0 Å². The molecule has 6 nitrogen and oxygen atoms in total. The molecule has 4 aromatic rings. The number of nitrogens with zero attached hydrogens (tertiary/aromatic N) is 2. The third kappa shape index (κ3) is 3.96. The zero-order valence-corrected chi connectivity index (χ0v) is 20.0. The summed E-state index contributed by atoms with van der Waals surface area (Å²) in [6.07, 6.45) is 4.66. The molecule has 2 aromatic carbocycles. The maximum absolute atomic E-state index is 13.4. The number of hydrogen-bond acceptors (Lipinski definition) is 5. The van der Waals surface area contributed by atoms with Crippen LogP contribution in [0.2, 0.25) is 0 Å². The first-order valence-corrected chi connectivity index (χ1v) is 12.7. The van der Waals surface area contributed by atoms with E-state index in [1.165, 1.54) is 12.7 Å². The molecule has 5 rings (SSSR count). The van der Waals surface area contributed by atoms with Gasteiger partial charge in [0.1, 0.15) is 10.6 Å². The minimum Gasteiger partial charge on any atom is -0.497 e. The van der Waals surface area contributed by atoms with Gasteiger partial charge in [-0.05, 0) is 72.4 Å². The normalized spacial score (nSPS) is 13.0. The molecule has 34 heavy (non-hydrogen) atoms. The van der Waals surface area contributed by atoms with Gasteiger partial charge in [0.15, 0.2) is 0 Å². The summed E-state index contributed by atoms with van der Waals surface area (Å²) in [5, 5.41) is 0. The second-order valence-corrected chi connectivity index (χ2v) is 10.3. The molecule has 0 saturated carbocycles. The van der Waals surface area contributed by atoms with Crippen molar-refractivity contribution >= 4 is 9.84 Å². The molecule has 2 heterocycles. The molecule has 0 N–H and O–H groups in total. The fourth-order valence-electron chi connectivity index (χ4n) is 4.51. The molecular formula is C27H26N2O4S. The largest absolute Gasteiger partial charge is 0.497 e. The summed E-state index contributed by atoms with van der Waals surface area (Å²) >= 11 is 0. The van der Waals surface area contributed by atoms with E-state index in [-0.39, 0.29) is 15.7 Å². The molecule has 0 amide bonds. The Morgan fingerprint density at radius 3 is 2.35 bits per heavy atom. The van der Waals surface area contributed by atoms with Crippen LogP contribution in [0.25, 0.3) is 11.4 Å². The minimum atomic E-state index is -3.76. The highest BCUT2D eigenvalue weighted by Gasteiger charge is 2.28. The van der Waals surface area contributed by atoms with Crippen LogP contribution >= 0.6 is 0 Å². The summed E-state index contributed by atoms with van der Waals surface area (Å²) in [5.74, 6) is 0.937. The number of rotatable bonds is 6. The smallest absolute Gasteiger partial charge is 0.233 e. The summed E-state index contributed by atoms with van der Waals surface area (Å²) in [4.78, 5) is 5.12. The molecule has 0 atom stereocenters. The predicted molar refractivity (Wildman–Crippen MR) is 130 cm³/mol. The molecule has 1 aliphatic rings. The monoisotopic (exact) mass is 474 g/mol. The molecule has 1 aliphatic carbocycles.